The molecule has 3 saturated heterocycles. The highest BCUT2D eigenvalue weighted by atomic mass is 32.2. The molecule has 0 spiro atoms. The summed E-state index contributed by atoms with van der Waals surface area (Å²) in [6.07, 6.45) is 5.52. The van der Waals surface area contributed by atoms with Gasteiger partial charge in [-0.05, 0) is 88.4 Å². The van der Waals surface area contributed by atoms with Crippen LogP contribution in [0.15, 0.2) is 41.3 Å². The number of sulfonamides is 1. The van der Waals surface area contributed by atoms with Gasteiger partial charge in [-0.25, -0.2) is 8.42 Å². The SMILES string of the molecule is Cc1ccc(-c2ccc(S(=O)(=O)N[C@H]3CCCN(CC(=O)N4CCC[C@H]4CN4CCCC4)C3=O)cc2)s1. The minimum absolute atomic E-state index is 0.0164. The number of likely N-dealkylation sites (tertiary alicyclic amines) is 3. The molecule has 1 aromatic heterocycles. The molecule has 1 aromatic carbocycles. The van der Waals surface area contributed by atoms with Crippen molar-refractivity contribution in [3.63, 3.8) is 0 Å². The Hall–Kier alpha value is -2.27. The molecule has 2 aromatic rings. The summed E-state index contributed by atoms with van der Waals surface area (Å²) in [5, 5.41) is 0. The van der Waals surface area contributed by atoms with Crippen LogP contribution in [-0.4, -0.2) is 86.3 Å². The minimum Gasteiger partial charge on any atom is -0.337 e. The number of amides is 2. The lowest BCUT2D eigenvalue weighted by Gasteiger charge is -2.34. The number of hydrogen-bond acceptors (Lipinski definition) is 6. The maximum absolute atomic E-state index is 13.2. The van der Waals surface area contributed by atoms with E-state index in [1.807, 2.05) is 24.0 Å². The molecule has 3 aliphatic heterocycles. The van der Waals surface area contributed by atoms with Gasteiger partial charge in [-0.3, -0.25) is 9.59 Å². The molecule has 0 aliphatic carbocycles. The average Bonchev–Trinajstić information content (AvgIpc) is 3.65. The van der Waals surface area contributed by atoms with Crippen molar-refractivity contribution in [3.05, 3.63) is 41.3 Å². The number of carbonyl (C=O) groups excluding carboxylic acids is 2. The van der Waals surface area contributed by atoms with E-state index in [9.17, 15) is 18.0 Å². The van der Waals surface area contributed by atoms with Crippen molar-refractivity contribution in [2.24, 2.45) is 0 Å². The zero-order valence-corrected chi connectivity index (χ0v) is 23.0. The van der Waals surface area contributed by atoms with Crippen molar-refractivity contribution >= 4 is 33.2 Å². The Balaban J connectivity index is 1.20. The van der Waals surface area contributed by atoms with E-state index in [0.717, 1.165) is 49.5 Å². The minimum atomic E-state index is -3.87. The molecule has 0 saturated carbocycles. The zero-order chi connectivity index (χ0) is 26.0. The summed E-state index contributed by atoms with van der Waals surface area (Å²) in [7, 11) is -3.87. The van der Waals surface area contributed by atoms with Crippen molar-refractivity contribution in [2.45, 2.75) is 62.4 Å². The summed E-state index contributed by atoms with van der Waals surface area (Å²) in [5.74, 6) is -0.345. The zero-order valence-electron chi connectivity index (χ0n) is 21.4. The fourth-order valence-electron chi connectivity index (χ4n) is 5.72. The van der Waals surface area contributed by atoms with Crippen LogP contribution in [0, 0.1) is 6.92 Å². The Kier molecular flexibility index (Phi) is 7.99. The van der Waals surface area contributed by atoms with Crippen LogP contribution in [0.4, 0.5) is 0 Å². The van der Waals surface area contributed by atoms with E-state index in [0.29, 0.717) is 19.4 Å². The van der Waals surface area contributed by atoms with Crippen LogP contribution in [0.1, 0.15) is 43.4 Å². The monoisotopic (exact) mass is 544 g/mol. The molecule has 0 bridgehead atoms. The van der Waals surface area contributed by atoms with Crippen molar-refractivity contribution in [2.75, 3.05) is 39.3 Å². The van der Waals surface area contributed by atoms with E-state index in [4.69, 9.17) is 0 Å². The van der Waals surface area contributed by atoms with Crippen LogP contribution >= 0.6 is 11.3 Å². The standard InChI is InChI=1S/C27H36N4O4S2/c1-20-8-13-25(36-20)21-9-11-23(12-10-21)37(34,35)28-24-7-5-16-30(27(24)33)19-26(32)31-17-4-6-22(31)18-29-14-2-3-15-29/h8-13,22,24,28H,2-7,14-19H2,1H3/t22-,24-/m0/s1. The van der Waals surface area contributed by atoms with Gasteiger partial charge in [0.2, 0.25) is 21.8 Å². The lowest BCUT2D eigenvalue weighted by molar-refractivity contribution is -0.143. The predicted molar refractivity (Wildman–Crippen MR) is 145 cm³/mol. The normalized spacial score (nSPS) is 23.2. The van der Waals surface area contributed by atoms with Gasteiger partial charge in [-0.2, -0.15) is 4.72 Å². The summed E-state index contributed by atoms with van der Waals surface area (Å²) < 4.78 is 28.8. The van der Waals surface area contributed by atoms with Crippen molar-refractivity contribution in [1.29, 1.82) is 0 Å². The Morgan fingerprint density at radius 2 is 1.70 bits per heavy atom. The van der Waals surface area contributed by atoms with E-state index >= 15 is 0 Å². The first-order valence-electron chi connectivity index (χ1n) is 13.3. The molecule has 200 valence electrons. The van der Waals surface area contributed by atoms with E-state index < -0.39 is 16.1 Å². The first-order chi connectivity index (χ1) is 17.8. The maximum Gasteiger partial charge on any atom is 0.242 e. The molecule has 37 heavy (non-hydrogen) atoms. The van der Waals surface area contributed by atoms with Crippen LogP contribution in [0.5, 0.6) is 0 Å². The van der Waals surface area contributed by atoms with E-state index in [1.54, 1.807) is 35.6 Å². The number of rotatable bonds is 8. The Labute approximate surface area is 223 Å². The molecule has 10 heteroatoms. The largest absolute Gasteiger partial charge is 0.337 e. The Morgan fingerprint density at radius 3 is 2.41 bits per heavy atom. The molecule has 8 nitrogen and oxygen atoms in total. The van der Waals surface area contributed by atoms with Gasteiger partial charge in [0.15, 0.2) is 0 Å². The number of piperidine rings is 1. The Bertz CT molecular complexity index is 1220. The molecular weight excluding hydrogens is 508 g/mol. The van der Waals surface area contributed by atoms with Crippen molar-refractivity contribution in [1.82, 2.24) is 19.4 Å². The molecule has 3 fully saturated rings. The lowest BCUT2D eigenvalue weighted by atomic mass is 10.1. The third-order valence-corrected chi connectivity index (χ3v) is 10.2. The van der Waals surface area contributed by atoms with Gasteiger partial charge in [0, 0.05) is 35.4 Å². The molecule has 5 rings (SSSR count). The summed E-state index contributed by atoms with van der Waals surface area (Å²) in [5.41, 5.74) is 0.959. The number of thiophene rings is 1. The van der Waals surface area contributed by atoms with Crippen LogP contribution in [0.2, 0.25) is 0 Å². The summed E-state index contributed by atoms with van der Waals surface area (Å²) >= 11 is 1.66. The molecular formula is C27H36N4O4S2. The lowest BCUT2D eigenvalue weighted by Crippen LogP contribution is -2.55. The van der Waals surface area contributed by atoms with Gasteiger partial charge in [0.1, 0.15) is 6.04 Å². The number of carbonyl (C=O) groups is 2. The fraction of sp³-hybridized carbons (Fsp3) is 0.556. The van der Waals surface area contributed by atoms with Gasteiger partial charge >= 0.3 is 0 Å². The molecule has 0 radical (unpaired) electrons. The number of benzene rings is 1. The first-order valence-corrected chi connectivity index (χ1v) is 15.6. The second-order valence-electron chi connectivity index (χ2n) is 10.4. The summed E-state index contributed by atoms with van der Waals surface area (Å²) in [4.78, 5) is 34.7. The number of nitrogens with zero attached hydrogens (tertiary/aromatic N) is 3. The molecule has 2 atom stereocenters. The second kappa shape index (κ2) is 11.2. The smallest absolute Gasteiger partial charge is 0.242 e. The second-order valence-corrected chi connectivity index (χ2v) is 13.4. The fourth-order valence-corrected chi connectivity index (χ4v) is 7.82. The van der Waals surface area contributed by atoms with E-state index in [2.05, 4.69) is 9.62 Å². The third kappa shape index (κ3) is 6.08. The first kappa shape index (κ1) is 26.3. The van der Waals surface area contributed by atoms with Gasteiger partial charge in [-0.1, -0.05) is 12.1 Å². The van der Waals surface area contributed by atoms with Crippen LogP contribution < -0.4 is 4.72 Å². The molecule has 1 N–H and O–H groups in total. The van der Waals surface area contributed by atoms with Crippen LogP contribution in [0.25, 0.3) is 10.4 Å². The molecule has 3 aliphatic rings. The van der Waals surface area contributed by atoms with Gasteiger partial charge in [-0.15, -0.1) is 11.3 Å². The predicted octanol–water partition coefficient (Wildman–Crippen LogP) is 3.08. The van der Waals surface area contributed by atoms with Crippen LogP contribution in [0.3, 0.4) is 0 Å². The van der Waals surface area contributed by atoms with Gasteiger partial charge < -0.3 is 14.7 Å². The average molecular weight is 545 g/mol. The third-order valence-electron chi connectivity index (χ3n) is 7.71. The quantitative estimate of drug-likeness (QED) is 0.552. The number of nitrogens with one attached hydrogen (secondary N) is 1. The van der Waals surface area contributed by atoms with Gasteiger partial charge in [0.25, 0.3) is 0 Å². The molecule has 0 unspecified atom stereocenters. The summed E-state index contributed by atoms with van der Waals surface area (Å²) in [6.45, 7) is 6.37. The van der Waals surface area contributed by atoms with E-state index in [-0.39, 0.29) is 29.3 Å². The topological polar surface area (TPSA) is 90.0 Å². The summed E-state index contributed by atoms with van der Waals surface area (Å²) in [6, 6.07) is 10.2. The Morgan fingerprint density at radius 1 is 0.973 bits per heavy atom. The number of hydrogen-bond donors (Lipinski definition) is 1. The van der Waals surface area contributed by atoms with Crippen molar-refractivity contribution in [3.8, 4) is 10.4 Å². The van der Waals surface area contributed by atoms with E-state index in [1.165, 1.54) is 22.6 Å². The van der Waals surface area contributed by atoms with Crippen LogP contribution in [-0.2, 0) is 19.6 Å². The molecule has 4 heterocycles. The highest BCUT2D eigenvalue weighted by Gasteiger charge is 2.36. The van der Waals surface area contributed by atoms with Crippen molar-refractivity contribution < 1.29 is 18.0 Å². The van der Waals surface area contributed by atoms with Gasteiger partial charge in [0.05, 0.1) is 11.4 Å². The highest BCUT2D eigenvalue weighted by molar-refractivity contribution is 7.89. The maximum atomic E-state index is 13.2. The number of aryl methyl sites for hydroxylation is 1. The highest BCUT2D eigenvalue weighted by Crippen LogP contribution is 2.28. The molecule has 2 amide bonds.